The van der Waals surface area contributed by atoms with E-state index in [4.69, 9.17) is 0 Å². The van der Waals surface area contributed by atoms with E-state index >= 15 is 0 Å². The molecule has 0 spiro atoms. The van der Waals surface area contributed by atoms with Crippen molar-refractivity contribution < 1.29 is 13.0 Å². The van der Waals surface area contributed by atoms with Crippen LogP contribution >= 0.6 is 0 Å². The summed E-state index contributed by atoms with van der Waals surface area (Å²) in [6.07, 6.45) is 1.16. The fourth-order valence-electron chi connectivity index (χ4n) is 2.83. The normalized spacial score (nSPS) is 12.5. The summed E-state index contributed by atoms with van der Waals surface area (Å²) in [5.74, 6) is 0.465. The van der Waals surface area contributed by atoms with Crippen LogP contribution in [-0.4, -0.2) is 19.7 Å². The number of fused-ring (bicyclic) bond motifs is 1. The number of aromatic amines is 1. The molecule has 2 N–H and O–H groups in total. The molecule has 25 heavy (non-hydrogen) atoms. The van der Waals surface area contributed by atoms with Gasteiger partial charge in [-0.3, -0.25) is 0 Å². The summed E-state index contributed by atoms with van der Waals surface area (Å²) in [7, 11) is -3.38. The van der Waals surface area contributed by atoms with Gasteiger partial charge in [-0.15, -0.1) is 0 Å². The lowest BCUT2D eigenvalue weighted by molar-refractivity contribution is -0.647. The molecule has 0 saturated carbocycles. The van der Waals surface area contributed by atoms with Gasteiger partial charge in [-0.2, -0.15) is 13.1 Å². The first kappa shape index (κ1) is 17.5. The highest BCUT2D eigenvalue weighted by Crippen LogP contribution is 2.25. The fourth-order valence-corrected chi connectivity index (χ4v) is 3.34. The maximum atomic E-state index is 11.8. The Bertz CT molecular complexity index is 1000. The minimum absolute atomic E-state index is 0.0143. The van der Waals surface area contributed by atoms with E-state index in [0.29, 0.717) is 12.5 Å². The van der Waals surface area contributed by atoms with Gasteiger partial charge in [-0.05, 0) is 28.7 Å². The lowest BCUT2D eigenvalue weighted by Crippen LogP contribution is -2.37. The van der Waals surface area contributed by atoms with Crippen molar-refractivity contribution in [2.45, 2.75) is 32.7 Å². The van der Waals surface area contributed by atoms with E-state index < -0.39 is 10.0 Å². The van der Waals surface area contributed by atoms with Gasteiger partial charge in [0.2, 0.25) is 0 Å². The van der Waals surface area contributed by atoms with E-state index in [1.807, 2.05) is 41.0 Å². The molecule has 1 aromatic heterocycles. The topological polar surface area (TPSA) is 65.8 Å². The zero-order chi connectivity index (χ0) is 18.2. The van der Waals surface area contributed by atoms with Gasteiger partial charge in [-0.25, -0.2) is 9.55 Å². The number of hydrogen-bond acceptors (Lipinski definition) is 2. The van der Waals surface area contributed by atoms with Crippen molar-refractivity contribution in [1.29, 1.82) is 0 Å². The van der Waals surface area contributed by atoms with Gasteiger partial charge in [0.1, 0.15) is 11.0 Å². The molecule has 0 aliphatic rings. The van der Waals surface area contributed by atoms with Crippen molar-refractivity contribution in [2.75, 3.05) is 11.0 Å². The molecule has 0 aliphatic carbocycles. The summed E-state index contributed by atoms with van der Waals surface area (Å²) in [5.41, 5.74) is 4.19. The Labute approximate surface area is 148 Å². The van der Waals surface area contributed by atoms with Crippen molar-refractivity contribution in [1.82, 2.24) is 4.98 Å². The van der Waals surface area contributed by atoms with Gasteiger partial charge in [0, 0.05) is 0 Å². The summed E-state index contributed by atoms with van der Waals surface area (Å²) in [6.45, 7) is 7.07. The van der Waals surface area contributed by atoms with Crippen LogP contribution in [0.2, 0.25) is 0 Å². The van der Waals surface area contributed by atoms with E-state index in [1.165, 1.54) is 5.56 Å². The third-order valence-electron chi connectivity index (χ3n) is 4.14. The van der Waals surface area contributed by atoms with Crippen LogP contribution in [0.4, 0.5) is 5.95 Å². The van der Waals surface area contributed by atoms with E-state index in [2.05, 4.69) is 42.6 Å². The molecule has 0 aliphatic heterocycles. The van der Waals surface area contributed by atoms with Crippen LogP contribution in [0.25, 0.3) is 11.0 Å². The minimum Gasteiger partial charge on any atom is -0.241 e. The zero-order valence-corrected chi connectivity index (χ0v) is 15.8. The molecule has 5 nitrogen and oxygen atoms in total. The number of aromatic nitrogens is 2. The number of sulfonamides is 1. The van der Waals surface area contributed by atoms with Crippen molar-refractivity contribution in [2.24, 2.45) is 0 Å². The SMILES string of the molecule is CC(C)(C)c1ccc2[nH]c(NS(C)(=O)=O)[n+](Cc3ccccc3)c2c1. The molecule has 132 valence electrons. The van der Waals surface area contributed by atoms with Crippen LogP contribution in [0.1, 0.15) is 31.9 Å². The maximum absolute atomic E-state index is 11.8. The summed E-state index contributed by atoms with van der Waals surface area (Å²) >= 11 is 0. The Morgan fingerprint density at radius 3 is 2.36 bits per heavy atom. The second-order valence-electron chi connectivity index (χ2n) is 7.40. The van der Waals surface area contributed by atoms with Gasteiger partial charge in [0.15, 0.2) is 0 Å². The minimum atomic E-state index is -3.38. The fraction of sp³-hybridized carbons (Fsp3) is 0.316. The molecule has 0 bridgehead atoms. The molecule has 6 heteroatoms. The first-order valence-electron chi connectivity index (χ1n) is 8.21. The predicted octanol–water partition coefficient (Wildman–Crippen LogP) is 3.17. The van der Waals surface area contributed by atoms with E-state index in [0.717, 1.165) is 22.9 Å². The summed E-state index contributed by atoms with van der Waals surface area (Å²) in [5, 5.41) is 0. The van der Waals surface area contributed by atoms with Gasteiger partial charge in [0.25, 0.3) is 10.0 Å². The third-order valence-corrected chi connectivity index (χ3v) is 4.71. The van der Waals surface area contributed by atoms with Gasteiger partial charge in [-0.1, -0.05) is 57.2 Å². The number of H-pyrrole nitrogens is 1. The Morgan fingerprint density at radius 2 is 1.76 bits per heavy atom. The van der Waals surface area contributed by atoms with Gasteiger partial charge < -0.3 is 0 Å². The molecule has 0 radical (unpaired) electrons. The highest BCUT2D eigenvalue weighted by Gasteiger charge is 2.23. The Morgan fingerprint density at radius 1 is 1.08 bits per heavy atom. The number of hydrogen-bond donors (Lipinski definition) is 2. The molecule has 3 rings (SSSR count). The van der Waals surface area contributed by atoms with Crippen LogP contribution in [0, 0.1) is 0 Å². The molecule has 2 aromatic carbocycles. The Balaban J connectivity index is 2.18. The highest BCUT2D eigenvalue weighted by molar-refractivity contribution is 7.91. The standard InChI is InChI=1S/C19H23N3O2S/c1-19(2,3)15-10-11-16-17(12-15)22(13-14-8-6-5-7-9-14)18(20-16)21-25(4,23)24/h5-12H,13H2,1-4H3,(H,20,21)/p+1. The predicted molar refractivity (Wildman–Crippen MR) is 101 cm³/mol. The van der Waals surface area contributed by atoms with Crippen molar-refractivity contribution >= 4 is 27.0 Å². The van der Waals surface area contributed by atoms with Crippen molar-refractivity contribution in [3.05, 3.63) is 59.7 Å². The van der Waals surface area contributed by atoms with E-state index in [-0.39, 0.29) is 5.41 Å². The summed E-state index contributed by atoms with van der Waals surface area (Å²) in [4.78, 5) is 3.19. The number of benzene rings is 2. The van der Waals surface area contributed by atoms with Crippen LogP contribution in [0.15, 0.2) is 48.5 Å². The lowest BCUT2D eigenvalue weighted by Gasteiger charge is -2.18. The molecule has 0 fully saturated rings. The molecule has 3 aromatic rings. The van der Waals surface area contributed by atoms with Crippen molar-refractivity contribution in [3.63, 3.8) is 0 Å². The smallest absolute Gasteiger partial charge is 0.241 e. The first-order valence-corrected chi connectivity index (χ1v) is 10.1. The Hall–Kier alpha value is -2.34. The monoisotopic (exact) mass is 358 g/mol. The van der Waals surface area contributed by atoms with E-state index in [9.17, 15) is 8.42 Å². The third kappa shape index (κ3) is 4.02. The number of nitrogens with one attached hydrogen (secondary N) is 2. The number of imidazole rings is 1. The molecular formula is C19H24N3O2S+. The molecular weight excluding hydrogens is 334 g/mol. The quantitative estimate of drug-likeness (QED) is 0.704. The second kappa shape index (κ2) is 6.19. The second-order valence-corrected chi connectivity index (χ2v) is 9.15. The summed E-state index contributed by atoms with van der Waals surface area (Å²) < 4.78 is 28.1. The van der Waals surface area contributed by atoms with Crippen LogP contribution in [0.3, 0.4) is 0 Å². The molecule has 0 amide bonds. The molecule has 0 unspecified atom stereocenters. The number of rotatable bonds is 4. The summed E-state index contributed by atoms with van der Waals surface area (Å²) in [6, 6.07) is 16.2. The van der Waals surface area contributed by atoms with E-state index in [1.54, 1.807) is 0 Å². The molecule has 0 saturated heterocycles. The highest BCUT2D eigenvalue weighted by atomic mass is 32.2. The largest absolute Gasteiger partial charge is 0.371 e. The first-order chi connectivity index (χ1) is 11.6. The molecule has 1 heterocycles. The molecule has 0 atom stereocenters. The zero-order valence-electron chi connectivity index (χ0n) is 15.0. The van der Waals surface area contributed by atoms with Crippen LogP contribution in [-0.2, 0) is 22.0 Å². The van der Waals surface area contributed by atoms with Crippen molar-refractivity contribution in [3.8, 4) is 0 Å². The maximum Gasteiger partial charge on any atom is 0.371 e. The Kier molecular flexibility index (Phi) is 4.33. The number of nitrogens with zero attached hydrogens (tertiary/aromatic N) is 1. The van der Waals surface area contributed by atoms with Crippen LogP contribution < -0.4 is 9.29 Å². The average molecular weight is 358 g/mol. The van der Waals surface area contributed by atoms with Gasteiger partial charge in [0.05, 0.1) is 12.8 Å². The average Bonchev–Trinajstić information content (AvgIpc) is 2.82. The van der Waals surface area contributed by atoms with Crippen LogP contribution in [0.5, 0.6) is 0 Å². The number of anilines is 1. The lowest BCUT2D eigenvalue weighted by atomic mass is 9.87. The van der Waals surface area contributed by atoms with Gasteiger partial charge >= 0.3 is 5.95 Å².